The van der Waals surface area contributed by atoms with Gasteiger partial charge in [-0.1, -0.05) is 24.3 Å². The van der Waals surface area contributed by atoms with Crippen LogP contribution in [0.5, 0.6) is 11.5 Å². The Balaban J connectivity index is 1.50. The van der Waals surface area contributed by atoms with E-state index >= 15 is 0 Å². The summed E-state index contributed by atoms with van der Waals surface area (Å²) in [5.41, 5.74) is 1.92. The molecule has 0 bridgehead atoms. The molecule has 0 radical (unpaired) electrons. The fourth-order valence-electron chi connectivity index (χ4n) is 4.06. The Kier molecular flexibility index (Phi) is 5.65. The van der Waals surface area contributed by atoms with Gasteiger partial charge in [0.2, 0.25) is 5.91 Å². The van der Waals surface area contributed by atoms with Crippen LogP contribution in [0.4, 0.5) is 0 Å². The molecule has 150 valence electrons. The van der Waals surface area contributed by atoms with Gasteiger partial charge in [-0.15, -0.1) is 0 Å². The molecule has 1 atom stereocenters. The molecular formula is C24H26N2O3. The van der Waals surface area contributed by atoms with Crippen LogP contribution in [0, 0.1) is 0 Å². The summed E-state index contributed by atoms with van der Waals surface area (Å²) in [7, 11) is 3.25. The maximum Gasteiger partial charge on any atom is 0.227 e. The minimum atomic E-state index is 0.113. The fourth-order valence-corrected chi connectivity index (χ4v) is 4.06. The lowest BCUT2D eigenvalue weighted by atomic mass is 9.93. The SMILES string of the molecule is COc1ccc(OC)c(CC(=O)N2CCCC(c3cc4ccccc4cn3)C2)c1. The quantitative estimate of drug-likeness (QED) is 0.655. The molecular weight excluding hydrogens is 364 g/mol. The van der Waals surface area contributed by atoms with Crippen molar-refractivity contribution < 1.29 is 14.3 Å². The van der Waals surface area contributed by atoms with E-state index in [9.17, 15) is 4.79 Å². The molecule has 0 N–H and O–H groups in total. The van der Waals surface area contributed by atoms with E-state index in [0.717, 1.165) is 41.8 Å². The number of pyridine rings is 1. The summed E-state index contributed by atoms with van der Waals surface area (Å²) in [4.78, 5) is 19.7. The number of carbonyl (C=O) groups is 1. The van der Waals surface area contributed by atoms with E-state index in [1.54, 1.807) is 14.2 Å². The molecule has 3 aromatic rings. The summed E-state index contributed by atoms with van der Waals surface area (Å²) in [6.07, 6.45) is 4.28. The maximum absolute atomic E-state index is 13.0. The van der Waals surface area contributed by atoms with Crippen molar-refractivity contribution >= 4 is 16.7 Å². The van der Waals surface area contributed by atoms with Crippen LogP contribution in [0.3, 0.4) is 0 Å². The largest absolute Gasteiger partial charge is 0.497 e. The minimum Gasteiger partial charge on any atom is -0.497 e. The number of amides is 1. The Morgan fingerprint density at radius 1 is 1.10 bits per heavy atom. The van der Waals surface area contributed by atoms with Gasteiger partial charge in [-0.3, -0.25) is 9.78 Å². The second kappa shape index (κ2) is 8.52. The van der Waals surface area contributed by atoms with Gasteiger partial charge in [0, 0.05) is 41.8 Å². The number of rotatable bonds is 5. The molecule has 1 fully saturated rings. The number of hydrogen-bond acceptors (Lipinski definition) is 4. The average molecular weight is 390 g/mol. The zero-order valence-corrected chi connectivity index (χ0v) is 16.9. The zero-order valence-electron chi connectivity index (χ0n) is 16.9. The van der Waals surface area contributed by atoms with Crippen LogP contribution in [0.15, 0.2) is 54.7 Å². The Morgan fingerprint density at radius 2 is 1.93 bits per heavy atom. The van der Waals surface area contributed by atoms with Crippen molar-refractivity contribution in [1.29, 1.82) is 0 Å². The minimum absolute atomic E-state index is 0.113. The molecule has 1 aliphatic rings. The first-order valence-corrected chi connectivity index (χ1v) is 10.0. The van der Waals surface area contributed by atoms with Crippen LogP contribution in [0.1, 0.15) is 30.0 Å². The van der Waals surface area contributed by atoms with Gasteiger partial charge in [-0.25, -0.2) is 0 Å². The van der Waals surface area contributed by atoms with Crippen LogP contribution in [-0.4, -0.2) is 43.1 Å². The number of benzene rings is 2. The van der Waals surface area contributed by atoms with E-state index in [0.29, 0.717) is 18.7 Å². The number of ether oxygens (including phenoxy) is 2. The smallest absolute Gasteiger partial charge is 0.227 e. The predicted molar refractivity (Wildman–Crippen MR) is 114 cm³/mol. The molecule has 1 unspecified atom stereocenters. The van der Waals surface area contributed by atoms with Crippen LogP contribution in [0.25, 0.3) is 10.8 Å². The number of piperidine rings is 1. The van der Waals surface area contributed by atoms with Gasteiger partial charge in [0.15, 0.2) is 0 Å². The van der Waals surface area contributed by atoms with E-state index < -0.39 is 0 Å². The molecule has 0 saturated carbocycles. The van der Waals surface area contributed by atoms with Crippen molar-refractivity contribution in [3.05, 3.63) is 66.0 Å². The zero-order chi connectivity index (χ0) is 20.2. The number of nitrogens with zero attached hydrogens (tertiary/aromatic N) is 2. The topological polar surface area (TPSA) is 51.7 Å². The molecule has 2 heterocycles. The highest BCUT2D eigenvalue weighted by molar-refractivity contribution is 5.82. The van der Waals surface area contributed by atoms with Crippen molar-refractivity contribution in [3.63, 3.8) is 0 Å². The molecule has 2 aromatic carbocycles. The number of methoxy groups -OCH3 is 2. The normalized spacial score (nSPS) is 16.6. The summed E-state index contributed by atoms with van der Waals surface area (Å²) in [5.74, 6) is 1.82. The van der Waals surface area contributed by atoms with Gasteiger partial charge in [0.1, 0.15) is 11.5 Å². The summed E-state index contributed by atoms with van der Waals surface area (Å²) < 4.78 is 10.7. The average Bonchev–Trinajstić information content (AvgIpc) is 2.78. The number of likely N-dealkylation sites (tertiary alicyclic amines) is 1. The first kappa shape index (κ1) is 19.2. The molecule has 0 aliphatic carbocycles. The van der Waals surface area contributed by atoms with E-state index in [2.05, 4.69) is 23.2 Å². The molecule has 1 saturated heterocycles. The van der Waals surface area contributed by atoms with E-state index in [-0.39, 0.29) is 11.8 Å². The van der Waals surface area contributed by atoms with Gasteiger partial charge in [-0.2, -0.15) is 0 Å². The monoisotopic (exact) mass is 390 g/mol. The van der Waals surface area contributed by atoms with E-state index in [1.165, 1.54) is 5.39 Å². The highest BCUT2D eigenvalue weighted by Crippen LogP contribution is 2.29. The second-order valence-electron chi connectivity index (χ2n) is 7.49. The lowest BCUT2D eigenvalue weighted by molar-refractivity contribution is -0.131. The van der Waals surface area contributed by atoms with E-state index in [1.807, 2.05) is 41.4 Å². The number of carbonyl (C=O) groups excluding carboxylic acids is 1. The van der Waals surface area contributed by atoms with Crippen molar-refractivity contribution in [1.82, 2.24) is 9.88 Å². The first-order valence-electron chi connectivity index (χ1n) is 10.0. The molecule has 0 spiro atoms. The van der Waals surface area contributed by atoms with Gasteiger partial charge in [0.05, 0.1) is 20.6 Å². The summed E-state index contributed by atoms with van der Waals surface area (Å²) in [5, 5.41) is 2.34. The first-order chi connectivity index (χ1) is 14.2. The third-order valence-corrected chi connectivity index (χ3v) is 5.67. The molecule has 1 aliphatic heterocycles. The molecule has 5 nitrogen and oxygen atoms in total. The van der Waals surface area contributed by atoms with Crippen LogP contribution in [-0.2, 0) is 11.2 Å². The lowest BCUT2D eigenvalue weighted by Crippen LogP contribution is -2.40. The molecule has 5 heteroatoms. The Hall–Kier alpha value is -3.08. The lowest BCUT2D eigenvalue weighted by Gasteiger charge is -2.33. The molecule has 1 aromatic heterocycles. The summed E-state index contributed by atoms with van der Waals surface area (Å²) in [6.45, 7) is 1.49. The van der Waals surface area contributed by atoms with Gasteiger partial charge < -0.3 is 14.4 Å². The Morgan fingerprint density at radius 3 is 2.72 bits per heavy atom. The number of fused-ring (bicyclic) bond motifs is 1. The fraction of sp³-hybridized carbons (Fsp3) is 0.333. The third kappa shape index (κ3) is 4.19. The maximum atomic E-state index is 13.0. The molecule has 29 heavy (non-hydrogen) atoms. The van der Waals surface area contributed by atoms with Crippen molar-refractivity contribution in [2.75, 3.05) is 27.3 Å². The number of hydrogen-bond donors (Lipinski definition) is 0. The number of aromatic nitrogens is 1. The van der Waals surface area contributed by atoms with Crippen molar-refractivity contribution in [3.8, 4) is 11.5 Å². The van der Waals surface area contributed by atoms with Gasteiger partial charge in [-0.05, 0) is 42.5 Å². The van der Waals surface area contributed by atoms with Gasteiger partial charge >= 0.3 is 0 Å². The second-order valence-corrected chi connectivity index (χ2v) is 7.49. The van der Waals surface area contributed by atoms with Crippen molar-refractivity contribution in [2.45, 2.75) is 25.2 Å². The van der Waals surface area contributed by atoms with Crippen LogP contribution in [0.2, 0.25) is 0 Å². The highest BCUT2D eigenvalue weighted by Gasteiger charge is 2.26. The molecule has 1 amide bonds. The molecule has 4 rings (SSSR count). The summed E-state index contributed by atoms with van der Waals surface area (Å²) in [6, 6.07) is 16.0. The third-order valence-electron chi connectivity index (χ3n) is 5.67. The van der Waals surface area contributed by atoms with E-state index in [4.69, 9.17) is 9.47 Å². The predicted octanol–water partition coefficient (Wildman–Crippen LogP) is 4.20. The Labute approximate surface area is 171 Å². The van der Waals surface area contributed by atoms with Crippen LogP contribution >= 0.6 is 0 Å². The summed E-state index contributed by atoms with van der Waals surface area (Å²) >= 11 is 0. The van der Waals surface area contributed by atoms with Gasteiger partial charge in [0.25, 0.3) is 0 Å². The Bertz CT molecular complexity index is 1020. The highest BCUT2D eigenvalue weighted by atomic mass is 16.5. The van der Waals surface area contributed by atoms with Crippen LogP contribution < -0.4 is 9.47 Å². The standard InChI is InChI=1S/C24H26N2O3/c1-28-21-9-10-23(29-2)20(12-21)14-24(27)26-11-5-8-19(16-26)22-13-17-6-3-4-7-18(17)15-25-22/h3-4,6-7,9-10,12-13,15,19H,5,8,11,14,16H2,1-2H3. The van der Waals surface area contributed by atoms with Crippen molar-refractivity contribution in [2.24, 2.45) is 0 Å².